The van der Waals surface area contributed by atoms with Crippen molar-refractivity contribution in [3.05, 3.63) is 52.4 Å². The van der Waals surface area contributed by atoms with Crippen molar-refractivity contribution in [3.63, 3.8) is 0 Å². The molecule has 0 fully saturated rings. The molecule has 2 aliphatic rings. The monoisotopic (exact) mass is 399 g/mol. The Labute approximate surface area is 169 Å². The normalized spacial score (nSPS) is 24.0. The van der Waals surface area contributed by atoms with Gasteiger partial charge in [0.2, 0.25) is 0 Å². The average molecular weight is 399 g/mol. The van der Waals surface area contributed by atoms with Crippen LogP contribution < -0.4 is 5.32 Å². The molecular weight excluding hydrogens is 374 g/mol. The molecule has 154 valence electrons. The van der Waals surface area contributed by atoms with E-state index in [1.807, 2.05) is 6.92 Å². The van der Waals surface area contributed by atoms with Crippen molar-refractivity contribution in [2.24, 2.45) is 11.8 Å². The highest BCUT2D eigenvalue weighted by Crippen LogP contribution is 2.45. The molecule has 0 unspecified atom stereocenters. The Bertz CT molecular complexity index is 929. The Morgan fingerprint density at radius 2 is 2.03 bits per heavy atom. The van der Waals surface area contributed by atoms with E-state index in [9.17, 15) is 19.5 Å². The summed E-state index contributed by atoms with van der Waals surface area (Å²) in [5.74, 6) is -3.42. The molecule has 0 spiro atoms. The fraction of sp³-hybridized carbons (Fsp3) is 0.409. The lowest BCUT2D eigenvalue weighted by molar-refractivity contribution is -0.151. The van der Waals surface area contributed by atoms with Crippen LogP contribution in [0, 0.1) is 11.8 Å². The van der Waals surface area contributed by atoms with Gasteiger partial charge < -0.3 is 19.9 Å². The van der Waals surface area contributed by atoms with Crippen LogP contribution in [0.1, 0.15) is 38.7 Å². The second-order valence-electron chi connectivity index (χ2n) is 7.35. The van der Waals surface area contributed by atoms with Gasteiger partial charge in [-0.2, -0.15) is 0 Å². The fourth-order valence-corrected chi connectivity index (χ4v) is 4.20. The minimum absolute atomic E-state index is 0.0187. The summed E-state index contributed by atoms with van der Waals surface area (Å²) in [7, 11) is 1.26. The van der Waals surface area contributed by atoms with E-state index in [1.54, 1.807) is 26.0 Å². The number of carbonyl (C=O) groups is 3. The Kier molecular flexibility index (Phi) is 5.77. The first-order valence-corrected chi connectivity index (χ1v) is 9.59. The third kappa shape index (κ3) is 3.64. The molecule has 7 nitrogen and oxygen atoms in total. The number of dihydropyridines is 1. The number of rotatable bonds is 4. The van der Waals surface area contributed by atoms with Crippen molar-refractivity contribution < 1.29 is 29.0 Å². The van der Waals surface area contributed by atoms with E-state index in [1.165, 1.54) is 19.2 Å². The minimum Gasteiger partial charge on any atom is -0.508 e. The van der Waals surface area contributed by atoms with Gasteiger partial charge >= 0.3 is 11.9 Å². The third-order valence-corrected chi connectivity index (χ3v) is 5.44. The molecule has 0 saturated carbocycles. The van der Waals surface area contributed by atoms with Crippen LogP contribution in [0.5, 0.6) is 5.75 Å². The summed E-state index contributed by atoms with van der Waals surface area (Å²) < 4.78 is 10.1. The van der Waals surface area contributed by atoms with Gasteiger partial charge in [0.05, 0.1) is 19.3 Å². The molecule has 3 rings (SSSR count). The number of ketones is 1. The number of aromatic hydroxyl groups is 1. The number of hydrogen-bond donors (Lipinski definition) is 2. The number of ether oxygens (including phenoxy) is 2. The number of phenols is 1. The molecule has 1 aromatic rings. The smallest absolute Gasteiger partial charge is 0.336 e. The van der Waals surface area contributed by atoms with Gasteiger partial charge in [0, 0.05) is 22.9 Å². The highest BCUT2D eigenvalue weighted by molar-refractivity contribution is 6.12. The largest absolute Gasteiger partial charge is 0.508 e. The topological polar surface area (TPSA) is 102 Å². The molecule has 1 aliphatic heterocycles. The van der Waals surface area contributed by atoms with Crippen LogP contribution in [0.15, 0.2) is 46.8 Å². The number of hydrogen-bond acceptors (Lipinski definition) is 7. The second kappa shape index (κ2) is 8.11. The van der Waals surface area contributed by atoms with Crippen LogP contribution in [0.3, 0.4) is 0 Å². The lowest BCUT2D eigenvalue weighted by Crippen LogP contribution is -2.43. The zero-order chi connectivity index (χ0) is 21.3. The standard InChI is InChI=1S/C22H25NO6/c1-5-29-22(27)17-12(3)23-15-9-11(2)16(21(26)28-4)20(25)19(15)18(17)13-7-6-8-14(24)10-13/h6-8,10-11,16,18,23-24H,5,9H2,1-4H3/t11-,16-,18-/m1/s1. The maximum absolute atomic E-state index is 13.4. The molecule has 0 aromatic heterocycles. The van der Waals surface area contributed by atoms with Gasteiger partial charge in [0.25, 0.3) is 0 Å². The molecule has 3 atom stereocenters. The molecular formula is C22H25NO6. The SMILES string of the molecule is CCOC(=O)C1=C(C)NC2=C(C(=O)[C@H](C(=O)OC)[C@H](C)C2)[C@@H]1c1cccc(O)c1. The van der Waals surface area contributed by atoms with Gasteiger partial charge in [-0.15, -0.1) is 0 Å². The minimum atomic E-state index is -0.942. The molecule has 0 saturated heterocycles. The van der Waals surface area contributed by atoms with Crippen molar-refractivity contribution in [2.75, 3.05) is 13.7 Å². The Morgan fingerprint density at radius 1 is 1.31 bits per heavy atom. The molecule has 0 radical (unpaired) electrons. The van der Waals surface area contributed by atoms with E-state index in [0.717, 1.165) is 0 Å². The summed E-state index contributed by atoms with van der Waals surface area (Å²) in [5, 5.41) is 13.2. The molecule has 0 amide bonds. The maximum Gasteiger partial charge on any atom is 0.336 e. The number of Topliss-reactive ketones (excluding diaryl/α,β-unsaturated/α-hetero) is 1. The summed E-state index contributed by atoms with van der Waals surface area (Å²) in [6.45, 7) is 5.48. The zero-order valence-corrected chi connectivity index (χ0v) is 16.9. The number of esters is 2. The first-order chi connectivity index (χ1) is 13.8. The van der Waals surface area contributed by atoms with E-state index >= 15 is 0 Å². The van der Waals surface area contributed by atoms with Gasteiger partial charge in [-0.1, -0.05) is 19.1 Å². The fourth-order valence-electron chi connectivity index (χ4n) is 4.20. The van der Waals surface area contributed by atoms with Crippen LogP contribution in [0.2, 0.25) is 0 Å². The Hall–Kier alpha value is -3.09. The van der Waals surface area contributed by atoms with Gasteiger partial charge in [-0.05, 0) is 43.9 Å². The zero-order valence-electron chi connectivity index (χ0n) is 16.9. The van der Waals surface area contributed by atoms with Gasteiger partial charge in [-0.3, -0.25) is 9.59 Å². The van der Waals surface area contributed by atoms with Gasteiger partial charge in [0.1, 0.15) is 11.7 Å². The van der Waals surface area contributed by atoms with Crippen molar-refractivity contribution in [3.8, 4) is 5.75 Å². The van der Waals surface area contributed by atoms with Crippen LogP contribution in [0.4, 0.5) is 0 Å². The number of phenolic OH excluding ortho intramolecular Hbond substituents is 1. The Balaban J connectivity index is 2.19. The van der Waals surface area contributed by atoms with Crippen molar-refractivity contribution >= 4 is 17.7 Å². The first kappa shape index (κ1) is 20.6. The number of carbonyl (C=O) groups excluding carboxylic acids is 3. The lowest BCUT2D eigenvalue weighted by atomic mass is 9.69. The third-order valence-electron chi connectivity index (χ3n) is 5.44. The quantitative estimate of drug-likeness (QED) is 0.593. The number of nitrogens with one attached hydrogen (secondary N) is 1. The predicted molar refractivity (Wildman–Crippen MR) is 105 cm³/mol. The summed E-state index contributed by atoms with van der Waals surface area (Å²) in [6, 6.07) is 6.43. The van der Waals surface area contributed by atoms with Crippen LogP contribution in [-0.4, -0.2) is 36.5 Å². The number of allylic oxidation sites excluding steroid dienone is 3. The summed E-state index contributed by atoms with van der Waals surface area (Å²) in [5.41, 5.74) is 2.49. The Morgan fingerprint density at radius 3 is 2.66 bits per heavy atom. The molecule has 1 aromatic carbocycles. The van der Waals surface area contributed by atoms with E-state index in [2.05, 4.69) is 5.32 Å². The van der Waals surface area contributed by atoms with E-state index in [0.29, 0.717) is 34.5 Å². The molecule has 1 aliphatic carbocycles. The van der Waals surface area contributed by atoms with E-state index in [-0.39, 0.29) is 24.1 Å². The molecule has 7 heteroatoms. The number of benzene rings is 1. The number of methoxy groups -OCH3 is 1. The average Bonchev–Trinajstić information content (AvgIpc) is 2.66. The molecule has 0 bridgehead atoms. The summed E-state index contributed by atoms with van der Waals surface area (Å²) in [4.78, 5) is 38.5. The van der Waals surface area contributed by atoms with Crippen LogP contribution >= 0.6 is 0 Å². The highest BCUT2D eigenvalue weighted by atomic mass is 16.5. The van der Waals surface area contributed by atoms with Crippen molar-refractivity contribution in [1.82, 2.24) is 5.32 Å². The van der Waals surface area contributed by atoms with Crippen molar-refractivity contribution in [2.45, 2.75) is 33.1 Å². The summed E-state index contributed by atoms with van der Waals surface area (Å²) >= 11 is 0. The second-order valence-corrected chi connectivity index (χ2v) is 7.35. The van der Waals surface area contributed by atoms with Gasteiger partial charge in [-0.25, -0.2) is 4.79 Å². The van der Waals surface area contributed by atoms with Gasteiger partial charge in [0.15, 0.2) is 5.78 Å². The predicted octanol–water partition coefficient (Wildman–Crippen LogP) is 2.57. The van der Waals surface area contributed by atoms with Crippen LogP contribution in [0.25, 0.3) is 0 Å². The van der Waals surface area contributed by atoms with E-state index < -0.39 is 23.8 Å². The first-order valence-electron chi connectivity index (χ1n) is 9.59. The van der Waals surface area contributed by atoms with E-state index in [4.69, 9.17) is 9.47 Å². The summed E-state index contributed by atoms with van der Waals surface area (Å²) in [6.07, 6.45) is 0.462. The molecule has 29 heavy (non-hydrogen) atoms. The molecule has 1 heterocycles. The maximum atomic E-state index is 13.4. The van der Waals surface area contributed by atoms with Crippen LogP contribution in [-0.2, 0) is 23.9 Å². The lowest BCUT2D eigenvalue weighted by Gasteiger charge is -2.38. The molecule has 2 N–H and O–H groups in total. The van der Waals surface area contributed by atoms with Crippen molar-refractivity contribution in [1.29, 1.82) is 0 Å². The highest BCUT2D eigenvalue weighted by Gasteiger charge is 2.47.